The van der Waals surface area contributed by atoms with Crippen LogP contribution in [0, 0.1) is 5.92 Å². The Morgan fingerprint density at radius 2 is 1.33 bits per heavy atom. The van der Waals surface area contributed by atoms with E-state index in [0.717, 1.165) is 0 Å². The summed E-state index contributed by atoms with van der Waals surface area (Å²) in [5, 5.41) is -0.488. The smallest absolute Gasteiger partial charge is 1.00 e. The summed E-state index contributed by atoms with van der Waals surface area (Å²) in [5.41, 5.74) is 0. The third-order valence-corrected chi connectivity index (χ3v) is 9.97. The molecule has 0 atom stereocenters. The van der Waals surface area contributed by atoms with Crippen molar-refractivity contribution >= 4 is 8.33 Å². The first-order valence-electron chi connectivity index (χ1n) is 7.82. The van der Waals surface area contributed by atoms with Crippen molar-refractivity contribution in [2.24, 2.45) is 5.92 Å². The van der Waals surface area contributed by atoms with E-state index in [9.17, 15) is 0 Å². The van der Waals surface area contributed by atoms with Gasteiger partial charge in [-0.1, -0.05) is 0 Å². The first-order chi connectivity index (χ1) is 10.9. The molecule has 4 rings (SSSR count). The van der Waals surface area contributed by atoms with Crippen LogP contribution in [-0.4, -0.2) is 8.33 Å². The second-order valence-corrected chi connectivity index (χ2v) is 10.8. The minimum Gasteiger partial charge on any atom is -1.00 e. The number of aromatic nitrogens is 2. The summed E-state index contributed by atoms with van der Waals surface area (Å²) >= 11 is 0. The molecule has 2 aliphatic heterocycles. The molecule has 4 heterocycles. The quantitative estimate of drug-likeness (QED) is 0.475. The van der Waals surface area contributed by atoms with Crippen LogP contribution < -0.4 is 39.8 Å². The molecule has 2 aromatic rings. The molecule has 24 heavy (non-hydrogen) atoms. The fourth-order valence-corrected chi connectivity index (χ4v) is 7.10. The maximum atomic E-state index is 6.38. The van der Waals surface area contributed by atoms with Crippen molar-refractivity contribution in [3.8, 4) is 11.8 Å². The van der Waals surface area contributed by atoms with Crippen LogP contribution in [-0.2, 0) is 0 Å². The Bertz CT molecular complexity index is 686. The molecule has 0 bridgehead atoms. The molecule has 2 aromatic heterocycles. The van der Waals surface area contributed by atoms with Gasteiger partial charge in [-0.2, -0.15) is 0 Å². The van der Waals surface area contributed by atoms with E-state index in [1.54, 1.807) is 21.9 Å². The Morgan fingerprint density at radius 1 is 0.875 bits per heavy atom. The van der Waals surface area contributed by atoms with Crippen molar-refractivity contribution in [1.29, 1.82) is 0 Å². The minimum atomic E-state index is -4.31. The number of halogens is 1. The van der Waals surface area contributed by atoms with Crippen LogP contribution in [0.25, 0.3) is 0 Å². The summed E-state index contributed by atoms with van der Waals surface area (Å²) in [5.74, 6) is 1.38. The largest absolute Gasteiger partial charge is 1.00 e. The third-order valence-electron chi connectivity index (χ3n) is 5.15. The van der Waals surface area contributed by atoms with Crippen LogP contribution in [0.1, 0.15) is 27.7 Å². The normalized spacial score (nSPS) is 20.3. The molecule has 0 fully saturated rings. The van der Waals surface area contributed by atoms with Gasteiger partial charge in [-0.05, 0) is 0 Å². The van der Waals surface area contributed by atoms with Crippen LogP contribution in [0.2, 0.25) is 5.04 Å². The van der Waals surface area contributed by atoms with E-state index in [1.165, 1.54) is 0 Å². The molecule has 0 saturated heterocycles. The van der Waals surface area contributed by atoms with Gasteiger partial charge in [0.05, 0.1) is 0 Å². The second-order valence-electron chi connectivity index (χ2n) is 6.90. The Kier molecular flexibility index (Phi) is 3.51. The minimum absolute atomic E-state index is 0. The summed E-state index contributed by atoms with van der Waals surface area (Å²) in [6.07, 6.45) is 3.61. The number of fused-ring (bicyclic) bond motifs is 2. The predicted octanol–water partition coefficient (Wildman–Crippen LogP) is -1.57. The monoisotopic (exact) mass is 368 g/mol. The van der Waals surface area contributed by atoms with Crippen molar-refractivity contribution in [2.45, 2.75) is 32.7 Å². The molecule has 0 aliphatic carbocycles. The topological polar surface area (TPSA) is 44.7 Å². The average molecular weight is 369 g/mol. The zero-order chi connectivity index (χ0) is 16.3. The van der Waals surface area contributed by atoms with Gasteiger partial charge in [-0.15, -0.1) is 0 Å². The van der Waals surface area contributed by atoms with Gasteiger partial charge in [-0.25, -0.2) is 0 Å². The fourth-order valence-electron chi connectivity index (χ4n) is 2.92. The van der Waals surface area contributed by atoms with E-state index in [2.05, 4.69) is 27.7 Å². The van der Waals surface area contributed by atoms with E-state index in [1.807, 2.05) is 36.4 Å². The fraction of sp³-hybridized carbons (Fsp3) is 0.375. The maximum Gasteiger partial charge on any atom is -1.00 e. The molecule has 1 spiro atoms. The summed E-state index contributed by atoms with van der Waals surface area (Å²) in [6.45, 7) is 8.39. The predicted molar refractivity (Wildman–Crippen MR) is 82.3 cm³/mol. The van der Waals surface area contributed by atoms with Crippen LogP contribution in [0.15, 0.2) is 48.8 Å². The van der Waals surface area contributed by atoms with E-state index in [4.69, 9.17) is 17.9 Å². The van der Waals surface area contributed by atoms with Gasteiger partial charge in [0.15, 0.2) is 0 Å². The van der Waals surface area contributed by atoms with E-state index in [0.29, 0.717) is 11.8 Å². The number of pyridine rings is 2. The second kappa shape index (κ2) is 5.00. The Labute approximate surface area is 147 Å². The van der Waals surface area contributed by atoms with Crippen LogP contribution in [0.4, 0.5) is 0 Å². The molecule has 0 saturated carbocycles. The maximum absolute atomic E-state index is 6.38. The van der Waals surface area contributed by atoms with Gasteiger partial charge < -0.3 is 12.4 Å². The van der Waals surface area contributed by atoms with Crippen LogP contribution in [0.3, 0.4) is 0 Å². The number of rotatable bonds is 2. The summed E-state index contributed by atoms with van der Waals surface area (Å²) in [7, 11) is -4.31. The van der Waals surface area contributed by atoms with Crippen molar-refractivity contribution in [3.63, 3.8) is 0 Å². The molecule has 0 amide bonds. The van der Waals surface area contributed by atoms with Gasteiger partial charge in [0.1, 0.15) is 0 Å². The number of hydrogen-bond donors (Lipinski definition) is 0. The van der Waals surface area contributed by atoms with Crippen molar-refractivity contribution in [3.05, 3.63) is 48.8 Å². The zero-order valence-electron chi connectivity index (χ0n) is 14.1. The molecule has 0 aromatic carbocycles. The molecule has 6 nitrogen and oxygen atoms in total. The molecule has 0 radical (unpaired) electrons. The molecular formula is C16H21ClN2O4Si. The molecule has 130 valence electrons. The molecule has 0 unspecified atom stereocenters. The Morgan fingerprint density at radius 3 is 1.71 bits per heavy atom. The third kappa shape index (κ3) is 1.88. The van der Waals surface area contributed by atoms with Crippen LogP contribution in [0.5, 0.6) is 11.8 Å². The summed E-state index contributed by atoms with van der Waals surface area (Å²) in [4.78, 5) is 0. The zero-order valence-corrected chi connectivity index (χ0v) is 15.9. The Hall–Kier alpha value is -1.99. The van der Waals surface area contributed by atoms with E-state index >= 15 is 0 Å². The summed E-state index contributed by atoms with van der Waals surface area (Å²) < 4.78 is 28.6. The van der Waals surface area contributed by atoms with Gasteiger partial charge in [0.2, 0.25) is 0 Å². The first kappa shape index (κ1) is 16.9. The molecule has 8 heteroatoms. The SMILES string of the molecule is CC(C)C(C)(C)[Si-]12(Oc3cccc[n+]3O1)Oc1cccc[n+]1O2.[Cl-]. The van der Waals surface area contributed by atoms with E-state index in [-0.39, 0.29) is 18.3 Å². The molecule has 0 N–H and O–H groups in total. The van der Waals surface area contributed by atoms with Crippen molar-refractivity contribution in [1.82, 2.24) is 0 Å². The first-order valence-corrected chi connectivity index (χ1v) is 9.96. The van der Waals surface area contributed by atoms with Gasteiger partial charge >= 0.3 is 135 Å². The van der Waals surface area contributed by atoms with Gasteiger partial charge in [0.25, 0.3) is 0 Å². The number of hydrogen-bond acceptors (Lipinski definition) is 4. The summed E-state index contributed by atoms with van der Waals surface area (Å²) in [6, 6.07) is 11.3. The standard InChI is InChI=1S/C16H21N2O4Si.ClH/c1-13(2)16(3,4)23(19-14-9-5-7-11-17(14)21-23)20-15-10-6-8-12-18(15)22-23;/h5-13H,1-4H3;1H/q+1;/p-1. The van der Waals surface area contributed by atoms with Gasteiger partial charge in [0, 0.05) is 0 Å². The number of nitrogens with zero attached hydrogens (tertiary/aromatic N) is 2. The van der Waals surface area contributed by atoms with Crippen molar-refractivity contribution in [2.75, 3.05) is 0 Å². The van der Waals surface area contributed by atoms with E-state index < -0.39 is 13.4 Å². The van der Waals surface area contributed by atoms with Gasteiger partial charge in [-0.3, -0.25) is 0 Å². The molecular weight excluding hydrogens is 348 g/mol. The average Bonchev–Trinajstić information content (AvgIpc) is 3.02. The van der Waals surface area contributed by atoms with Crippen LogP contribution >= 0.6 is 0 Å². The Balaban J connectivity index is 0.00000169. The molecule has 2 aliphatic rings. The van der Waals surface area contributed by atoms with Crippen molar-refractivity contribution < 1.29 is 39.8 Å².